The van der Waals surface area contributed by atoms with E-state index in [0.29, 0.717) is 16.3 Å². The number of nitro groups is 1. The lowest BCUT2D eigenvalue weighted by Gasteiger charge is -2.00. The first-order chi connectivity index (χ1) is 9.16. The molecule has 0 aliphatic carbocycles. The van der Waals surface area contributed by atoms with Gasteiger partial charge in [0.15, 0.2) is 0 Å². The lowest BCUT2D eigenvalue weighted by Crippen LogP contribution is -1.96. The number of nitrogens with one attached hydrogen (secondary N) is 1. The number of rotatable bonds is 4. The Hall–Kier alpha value is -2.40. The van der Waals surface area contributed by atoms with E-state index < -0.39 is 4.92 Å². The standard InChI is InChI=1S/C13H10ClN3O2/c14-11-5-3-6-12(8-11)16-15-9-10-4-1-2-7-13(10)17(18)19/h1-9,16H/b15-9-. The summed E-state index contributed by atoms with van der Waals surface area (Å²) >= 11 is 5.83. The molecule has 0 radical (unpaired) electrons. The lowest BCUT2D eigenvalue weighted by atomic mass is 10.2. The van der Waals surface area contributed by atoms with Crippen LogP contribution in [0.5, 0.6) is 0 Å². The van der Waals surface area contributed by atoms with Crippen molar-refractivity contribution in [2.45, 2.75) is 0 Å². The zero-order chi connectivity index (χ0) is 13.7. The molecule has 2 aromatic rings. The topological polar surface area (TPSA) is 67.5 Å². The van der Waals surface area contributed by atoms with Gasteiger partial charge in [0.05, 0.1) is 22.4 Å². The Morgan fingerprint density at radius 3 is 2.74 bits per heavy atom. The Balaban J connectivity index is 2.13. The van der Waals surface area contributed by atoms with Crippen LogP contribution in [0.15, 0.2) is 53.6 Å². The van der Waals surface area contributed by atoms with Crippen molar-refractivity contribution in [1.29, 1.82) is 0 Å². The average Bonchev–Trinajstić information content (AvgIpc) is 2.39. The maximum absolute atomic E-state index is 10.8. The smallest absolute Gasteiger partial charge is 0.278 e. The van der Waals surface area contributed by atoms with Crippen LogP contribution in [0.3, 0.4) is 0 Å². The van der Waals surface area contributed by atoms with Crippen molar-refractivity contribution >= 4 is 29.2 Å². The molecule has 0 aromatic heterocycles. The van der Waals surface area contributed by atoms with Gasteiger partial charge in [0, 0.05) is 11.1 Å². The minimum atomic E-state index is -0.444. The van der Waals surface area contributed by atoms with E-state index in [-0.39, 0.29) is 5.69 Å². The van der Waals surface area contributed by atoms with Gasteiger partial charge in [-0.2, -0.15) is 5.10 Å². The van der Waals surface area contributed by atoms with Gasteiger partial charge in [-0.3, -0.25) is 15.5 Å². The third-order valence-corrected chi connectivity index (χ3v) is 2.59. The second-order valence-corrected chi connectivity index (χ2v) is 4.13. The first-order valence-electron chi connectivity index (χ1n) is 5.45. The molecule has 6 heteroatoms. The summed E-state index contributed by atoms with van der Waals surface area (Å²) in [5.41, 5.74) is 3.92. The second kappa shape index (κ2) is 5.97. The van der Waals surface area contributed by atoms with Crippen molar-refractivity contribution in [2.75, 3.05) is 5.43 Å². The van der Waals surface area contributed by atoms with Gasteiger partial charge in [0.2, 0.25) is 0 Å². The van der Waals surface area contributed by atoms with Crippen LogP contribution in [0, 0.1) is 10.1 Å². The van der Waals surface area contributed by atoms with E-state index in [1.54, 1.807) is 42.5 Å². The van der Waals surface area contributed by atoms with Gasteiger partial charge < -0.3 is 0 Å². The molecule has 0 bridgehead atoms. The van der Waals surface area contributed by atoms with Gasteiger partial charge in [0.25, 0.3) is 5.69 Å². The molecule has 0 aliphatic heterocycles. The Morgan fingerprint density at radius 2 is 2.00 bits per heavy atom. The highest BCUT2D eigenvalue weighted by atomic mass is 35.5. The van der Waals surface area contributed by atoms with E-state index in [2.05, 4.69) is 10.5 Å². The first kappa shape index (κ1) is 13.0. The molecule has 0 atom stereocenters. The number of nitrogens with zero attached hydrogens (tertiary/aromatic N) is 2. The van der Waals surface area contributed by atoms with E-state index in [9.17, 15) is 10.1 Å². The van der Waals surface area contributed by atoms with Gasteiger partial charge in [0.1, 0.15) is 0 Å². The van der Waals surface area contributed by atoms with Crippen LogP contribution >= 0.6 is 11.6 Å². The highest BCUT2D eigenvalue weighted by Crippen LogP contribution is 2.16. The summed E-state index contributed by atoms with van der Waals surface area (Å²) in [6.45, 7) is 0. The predicted molar refractivity (Wildman–Crippen MR) is 75.8 cm³/mol. The number of hydrazone groups is 1. The Bertz CT molecular complexity index is 629. The maximum atomic E-state index is 10.8. The summed E-state index contributed by atoms with van der Waals surface area (Å²) in [5, 5.41) is 15.4. The summed E-state index contributed by atoms with van der Waals surface area (Å²) in [6.07, 6.45) is 1.40. The quantitative estimate of drug-likeness (QED) is 0.525. The monoisotopic (exact) mass is 275 g/mol. The number of para-hydroxylation sites is 1. The Morgan fingerprint density at radius 1 is 1.21 bits per heavy atom. The van der Waals surface area contributed by atoms with Gasteiger partial charge in [-0.1, -0.05) is 29.8 Å². The molecule has 5 nitrogen and oxygen atoms in total. The van der Waals surface area contributed by atoms with E-state index in [4.69, 9.17) is 11.6 Å². The van der Waals surface area contributed by atoms with Gasteiger partial charge >= 0.3 is 0 Å². The Kier molecular flexibility index (Phi) is 4.10. The van der Waals surface area contributed by atoms with Crippen LogP contribution in [-0.4, -0.2) is 11.1 Å². The number of benzene rings is 2. The molecule has 2 aromatic carbocycles. The van der Waals surface area contributed by atoms with E-state index >= 15 is 0 Å². The van der Waals surface area contributed by atoms with E-state index in [0.717, 1.165) is 0 Å². The lowest BCUT2D eigenvalue weighted by molar-refractivity contribution is -0.385. The third-order valence-electron chi connectivity index (χ3n) is 2.36. The molecule has 2 rings (SSSR count). The number of nitro benzene ring substituents is 1. The molecular formula is C13H10ClN3O2. The largest absolute Gasteiger partial charge is 0.278 e. The summed E-state index contributed by atoms with van der Waals surface area (Å²) in [5.74, 6) is 0. The van der Waals surface area contributed by atoms with Crippen LogP contribution in [-0.2, 0) is 0 Å². The molecule has 0 amide bonds. The number of anilines is 1. The minimum absolute atomic E-state index is 0.0131. The van der Waals surface area contributed by atoms with E-state index in [1.165, 1.54) is 12.3 Å². The molecule has 96 valence electrons. The zero-order valence-corrected chi connectivity index (χ0v) is 10.5. The van der Waals surface area contributed by atoms with Crippen LogP contribution in [0.2, 0.25) is 5.02 Å². The zero-order valence-electron chi connectivity index (χ0n) is 9.79. The predicted octanol–water partition coefficient (Wildman–Crippen LogP) is 3.69. The summed E-state index contributed by atoms with van der Waals surface area (Å²) in [4.78, 5) is 10.4. The molecule has 0 unspecified atom stereocenters. The summed E-state index contributed by atoms with van der Waals surface area (Å²) in [7, 11) is 0. The fourth-order valence-corrected chi connectivity index (χ4v) is 1.69. The van der Waals surface area contributed by atoms with Crippen LogP contribution in [0.1, 0.15) is 5.56 Å². The van der Waals surface area contributed by atoms with Crippen molar-refractivity contribution in [3.05, 3.63) is 69.2 Å². The minimum Gasteiger partial charge on any atom is -0.278 e. The third kappa shape index (κ3) is 3.53. The molecule has 0 saturated carbocycles. The van der Waals surface area contributed by atoms with Gasteiger partial charge in [-0.25, -0.2) is 0 Å². The highest BCUT2D eigenvalue weighted by molar-refractivity contribution is 6.30. The molecule has 19 heavy (non-hydrogen) atoms. The van der Waals surface area contributed by atoms with Crippen LogP contribution < -0.4 is 5.43 Å². The normalized spacial score (nSPS) is 10.6. The number of hydrogen-bond acceptors (Lipinski definition) is 4. The molecule has 0 fully saturated rings. The molecule has 1 N–H and O–H groups in total. The molecule has 0 spiro atoms. The summed E-state index contributed by atoms with van der Waals surface area (Å²) < 4.78 is 0. The molecule has 0 saturated heterocycles. The average molecular weight is 276 g/mol. The van der Waals surface area contributed by atoms with Crippen molar-refractivity contribution in [3.8, 4) is 0 Å². The SMILES string of the molecule is O=[N+]([O-])c1ccccc1/C=N\Nc1cccc(Cl)c1. The first-order valence-corrected chi connectivity index (χ1v) is 5.82. The Labute approximate surface area is 114 Å². The van der Waals surface area contributed by atoms with E-state index in [1.807, 2.05) is 0 Å². The summed E-state index contributed by atoms with van der Waals surface area (Å²) in [6, 6.07) is 13.4. The fourth-order valence-electron chi connectivity index (χ4n) is 1.50. The van der Waals surface area contributed by atoms with Crippen LogP contribution in [0.4, 0.5) is 11.4 Å². The maximum Gasteiger partial charge on any atom is 0.278 e. The molecular weight excluding hydrogens is 266 g/mol. The van der Waals surface area contributed by atoms with Crippen molar-refractivity contribution in [1.82, 2.24) is 0 Å². The van der Waals surface area contributed by atoms with Crippen molar-refractivity contribution < 1.29 is 4.92 Å². The van der Waals surface area contributed by atoms with Crippen LogP contribution in [0.25, 0.3) is 0 Å². The fraction of sp³-hybridized carbons (Fsp3) is 0. The molecule has 0 heterocycles. The second-order valence-electron chi connectivity index (χ2n) is 3.70. The van der Waals surface area contributed by atoms with Gasteiger partial charge in [-0.15, -0.1) is 0 Å². The number of hydrogen-bond donors (Lipinski definition) is 1. The van der Waals surface area contributed by atoms with Crippen molar-refractivity contribution in [2.24, 2.45) is 5.10 Å². The number of halogens is 1. The van der Waals surface area contributed by atoms with Crippen molar-refractivity contribution in [3.63, 3.8) is 0 Å². The molecule has 0 aliphatic rings. The highest BCUT2D eigenvalue weighted by Gasteiger charge is 2.09. The van der Waals surface area contributed by atoms with Gasteiger partial charge in [-0.05, 0) is 24.3 Å².